The largest absolute Gasteiger partial charge is 0.340 e. The second kappa shape index (κ2) is 8.90. The van der Waals surface area contributed by atoms with E-state index in [4.69, 9.17) is 4.52 Å². The lowest BCUT2D eigenvalue weighted by molar-refractivity contribution is -0.132. The van der Waals surface area contributed by atoms with Gasteiger partial charge in [0.2, 0.25) is 27.6 Å². The van der Waals surface area contributed by atoms with Crippen molar-refractivity contribution in [1.29, 1.82) is 0 Å². The van der Waals surface area contributed by atoms with Crippen molar-refractivity contribution in [2.45, 2.75) is 17.7 Å². The first-order chi connectivity index (χ1) is 14.9. The second-order valence-electron chi connectivity index (χ2n) is 6.97. The van der Waals surface area contributed by atoms with Gasteiger partial charge in [-0.3, -0.25) is 9.78 Å². The maximum Gasteiger partial charge on any atom is 0.246 e. The fraction of sp³-hybridized carbons (Fsp3) is 0.300. The molecule has 162 valence electrons. The number of sulfonamides is 1. The molecule has 0 saturated carbocycles. The van der Waals surface area contributed by atoms with E-state index in [1.807, 2.05) is 6.07 Å². The molecule has 0 unspecified atom stereocenters. The van der Waals surface area contributed by atoms with E-state index >= 15 is 0 Å². The average Bonchev–Trinajstić information content (AvgIpc) is 3.27. The normalized spacial score (nSPS) is 15.2. The lowest BCUT2D eigenvalue weighted by Gasteiger charge is -2.34. The average molecular weight is 445 g/mol. The number of rotatable bonds is 6. The van der Waals surface area contributed by atoms with Gasteiger partial charge in [-0.15, -0.1) is 0 Å². The predicted molar refractivity (Wildman–Crippen MR) is 108 cm³/mol. The predicted octanol–water partition coefficient (Wildman–Crippen LogP) is 1.74. The molecule has 0 N–H and O–H groups in total. The highest BCUT2D eigenvalue weighted by atomic mass is 32.2. The van der Waals surface area contributed by atoms with E-state index in [2.05, 4.69) is 15.1 Å². The molecule has 3 aromatic rings. The number of halogens is 1. The summed E-state index contributed by atoms with van der Waals surface area (Å²) in [6.07, 6.45) is 3.70. The van der Waals surface area contributed by atoms with E-state index in [0.29, 0.717) is 11.7 Å². The van der Waals surface area contributed by atoms with Crippen LogP contribution in [0.5, 0.6) is 0 Å². The fourth-order valence-electron chi connectivity index (χ4n) is 3.31. The Morgan fingerprint density at radius 3 is 2.58 bits per heavy atom. The topological polar surface area (TPSA) is 109 Å². The van der Waals surface area contributed by atoms with Crippen LogP contribution in [-0.2, 0) is 21.2 Å². The fourth-order valence-corrected chi connectivity index (χ4v) is 4.80. The van der Waals surface area contributed by atoms with Gasteiger partial charge in [-0.2, -0.15) is 9.29 Å². The lowest BCUT2D eigenvalue weighted by atomic mass is 10.2. The highest BCUT2D eigenvalue weighted by Gasteiger charge is 2.31. The minimum atomic E-state index is -3.94. The van der Waals surface area contributed by atoms with Crippen LogP contribution in [0.4, 0.5) is 4.39 Å². The molecule has 1 amide bonds. The molecule has 0 bridgehead atoms. The van der Waals surface area contributed by atoms with Crippen molar-refractivity contribution >= 4 is 15.9 Å². The summed E-state index contributed by atoms with van der Waals surface area (Å²) in [4.78, 5) is 22.0. The Bertz CT molecular complexity index is 1160. The lowest BCUT2D eigenvalue weighted by Crippen LogP contribution is -2.50. The molecule has 11 heteroatoms. The van der Waals surface area contributed by atoms with Crippen LogP contribution in [0, 0.1) is 5.82 Å². The number of amides is 1. The molecular weight excluding hydrogens is 425 g/mol. The molecule has 1 fully saturated rings. The summed E-state index contributed by atoms with van der Waals surface area (Å²) in [5, 5.41) is 3.89. The number of piperazine rings is 1. The Labute approximate surface area is 178 Å². The number of carbonyl (C=O) groups is 1. The Morgan fingerprint density at radius 2 is 1.87 bits per heavy atom. The molecule has 1 saturated heterocycles. The van der Waals surface area contributed by atoms with E-state index in [9.17, 15) is 17.6 Å². The summed E-state index contributed by atoms with van der Waals surface area (Å²) < 4.78 is 45.7. The van der Waals surface area contributed by atoms with Crippen molar-refractivity contribution in [3.05, 3.63) is 60.5 Å². The number of pyridine rings is 1. The zero-order valence-electron chi connectivity index (χ0n) is 16.5. The van der Waals surface area contributed by atoms with Gasteiger partial charge < -0.3 is 9.42 Å². The molecule has 0 atom stereocenters. The van der Waals surface area contributed by atoms with Crippen LogP contribution in [0.3, 0.4) is 0 Å². The van der Waals surface area contributed by atoms with Gasteiger partial charge in [0.05, 0.1) is 0 Å². The molecule has 9 nitrogen and oxygen atoms in total. The first-order valence-electron chi connectivity index (χ1n) is 9.70. The Morgan fingerprint density at radius 1 is 1.10 bits per heavy atom. The summed E-state index contributed by atoms with van der Waals surface area (Å²) >= 11 is 0. The zero-order chi connectivity index (χ0) is 21.8. The second-order valence-corrected chi connectivity index (χ2v) is 8.88. The molecule has 4 rings (SSSR count). The summed E-state index contributed by atoms with van der Waals surface area (Å²) in [7, 11) is -3.94. The van der Waals surface area contributed by atoms with Gasteiger partial charge in [-0.1, -0.05) is 17.3 Å². The van der Waals surface area contributed by atoms with Crippen LogP contribution in [0.2, 0.25) is 0 Å². The monoisotopic (exact) mass is 445 g/mol. The number of hydrogen-bond acceptors (Lipinski definition) is 7. The van der Waals surface area contributed by atoms with Gasteiger partial charge in [0.1, 0.15) is 10.7 Å². The van der Waals surface area contributed by atoms with E-state index in [1.54, 1.807) is 23.4 Å². The third-order valence-electron chi connectivity index (χ3n) is 4.99. The van der Waals surface area contributed by atoms with Gasteiger partial charge in [-0.05, 0) is 24.3 Å². The van der Waals surface area contributed by atoms with E-state index < -0.39 is 15.8 Å². The summed E-state index contributed by atoms with van der Waals surface area (Å²) in [5.74, 6) is -0.175. The Hall–Kier alpha value is -3.18. The SMILES string of the molecule is O=C(CCc1nc(-c2cccnc2)no1)N1CCN(S(=O)(=O)c2ccccc2F)CC1. The van der Waals surface area contributed by atoms with Crippen molar-refractivity contribution < 1.29 is 22.1 Å². The molecule has 0 spiro atoms. The molecule has 2 aromatic heterocycles. The molecular formula is C20H20FN5O4S. The number of benzene rings is 1. The first-order valence-corrected chi connectivity index (χ1v) is 11.1. The number of aromatic nitrogens is 3. The third-order valence-corrected chi connectivity index (χ3v) is 6.92. The van der Waals surface area contributed by atoms with Crippen molar-refractivity contribution in [2.75, 3.05) is 26.2 Å². The van der Waals surface area contributed by atoms with Crippen molar-refractivity contribution in [3.63, 3.8) is 0 Å². The van der Waals surface area contributed by atoms with Gasteiger partial charge >= 0.3 is 0 Å². The smallest absolute Gasteiger partial charge is 0.246 e. The molecule has 3 heterocycles. The maximum atomic E-state index is 13.9. The highest BCUT2D eigenvalue weighted by Crippen LogP contribution is 2.21. The number of hydrogen-bond donors (Lipinski definition) is 0. The standard InChI is InChI=1S/C20H20FN5O4S/c21-16-5-1-2-6-17(16)31(28,29)26-12-10-25(11-13-26)19(27)8-7-18-23-20(24-30-18)15-4-3-9-22-14-15/h1-6,9,14H,7-8,10-13H2. The van der Waals surface area contributed by atoms with Crippen molar-refractivity contribution in [1.82, 2.24) is 24.3 Å². The first kappa shape index (κ1) is 21.1. The van der Waals surface area contributed by atoms with Gasteiger partial charge in [-0.25, -0.2) is 12.8 Å². The van der Waals surface area contributed by atoms with Crippen LogP contribution in [0.15, 0.2) is 58.2 Å². The van der Waals surface area contributed by atoms with Gasteiger partial charge in [0.15, 0.2) is 0 Å². The maximum absolute atomic E-state index is 13.9. The summed E-state index contributed by atoms with van der Waals surface area (Å²) in [6, 6.07) is 8.85. The van der Waals surface area contributed by atoms with Crippen molar-refractivity contribution in [2.24, 2.45) is 0 Å². The number of aryl methyl sites for hydroxylation is 1. The van der Waals surface area contributed by atoms with Crippen LogP contribution < -0.4 is 0 Å². The van der Waals surface area contributed by atoms with E-state index in [1.165, 1.54) is 22.5 Å². The number of carbonyl (C=O) groups excluding carboxylic acids is 1. The Balaban J connectivity index is 1.31. The summed E-state index contributed by atoms with van der Waals surface area (Å²) in [5.41, 5.74) is 0.719. The van der Waals surface area contributed by atoms with E-state index in [0.717, 1.165) is 11.6 Å². The molecule has 1 aliphatic rings. The zero-order valence-corrected chi connectivity index (χ0v) is 17.3. The van der Waals surface area contributed by atoms with Crippen LogP contribution >= 0.6 is 0 Å². The molecule has 0 radical (unpaired) electrons. The van der Waals surface area contributed by atoms with Crippen molar-refractivity contribution in [3.8, 4) is 11.4 Å². The van der Waals surface area contributed by atoms with Crippen LogP contribution in [-0.4, -0.2) is 64.8 Å². The Kier molecular flexibility index (Phi) is 6.05. The van der Waals surface area contributed by atoms with Crippen LogP contribution in [0.1, 0.15) is 12.3 Å². The third kappa shape index (κ3) is 4.62. The summed E-state index contributed by atoms with van der Waals surface area (Å²) in [6.45, 7) is 0.677. The minimum Gasteiger partial charge on any atom is -0.340 e. The minimum absolute atomic E-state index is 0.105. The number of nitrogens with zero attached hydrogens (tertiary/aromatic N) is 5. The molecule has 31 heavy (non-hydrogen) atoms. The van der Waals surface area contributed by atoms with E-state index in [-0.39, 0.29) is 49.8 Å². The van der Waals surface area contributed by atoms with Gasteiger partial charge in [0.25, 0.3) is 0 Å². The molecule has 1 aliphatic heterocycles. The van der Waals surface area contributed by atoms with Gasteiger partial charge in [0, 0.05) is 57.0 Å². The van der Waals surface area contributed by atoms with Crippen LogP contribution in [0.25, 0.3) is 11.4 Å². The highest BCUT2D eigenvalue weighted by molar-refractivity contribution is 7.89. The molecule has 1 aromatic carbocycles. The quantitative estimate of drug-likeness (QED) is 0.568. The molecule has 0 aliphatic carbocycles.